The molecule has 2 rings (SSSR count). The Labute approximate surface area is 121 Å². The molecule has 0 saturated heterocycles. The number of methoxy groups -OCH3 is 1. The van der Waals surface area contributed by atoms with Gasteiger partial charge in [-0.3, -0.25) is 4.79 Å². The lowest BCUT2D eigenvalue weighted by molar-refractivity contribution is -0.131. The van der Waals surface area contributed by atoms with Gasteiger partial charge in [0.15, 0.2) is 11.5 Å². The molecular formula is C15H14O4S. The number of hydrogen-bond acceptors (Lipinski definition) is 5. The molecule has 2 aromatic carbocycles. The number of aromatic hydroxyl groups is 1. The highest BCUT2D eigenvalue weighted by molar-refractivity contribution is 8.00. The van der Waals surface area contributed by atoms with Gasteiger partial charge in [-0.05, 0) is 36.4 Å². The molecule has 0 unspecified atom stereocenters. The van der Waals surface area contributed by atoms with Crippen LogP contribution in [0.15, 0.2) is 53.4 Å². The highest BCUT2D eigenvalue weighted by Gasteiger charge is 2.09. The number of phenols is 1. The molecular weight excluding hydrogens is 276 g/mol. The average Bonchev–Trinajstić information content (AvgIpc) is 2.47. The summed E-state index contributed by atoms with van der Waals surface area (Å²) in [7, 11) is 1.53. The van der Waals surface area contributed by atoms with Crippen molar-refractivity contribution in [3.8, 4) is 17.2 Å². The molecule has 0 aliphatic heterocycles. The summed E-state index contributed by atoms with van der Waals surface area (Å²) in [5.74, 6) is 0.961. The third-order valence-corrected chi connectivity index (χ3v) is 3.47. The lowest BCUT2D eigenvalue weighted by atomic mass is 10.3. The average molecular weight is 290 g/mol. The van der Waals surface area contributed by atoms with Crippen molar-refractivity contribution in [3.05, 3.63) is 48.5 Å². The number of phenolic OH excluding ortho intramolecular Hbond substituents is 1. The van der Waals surface area contributed by atoms with Gasteiger partial charge in [-0.1, -0.05) is 12.1 Å². The summed E-state index contributed by atoms with van der Waals surface area (Å²) in [5.41, 5.74) is 0. The van der Waals surface area contributed by atoms with Gasteiger partial charge in [0.25, 0.3) is 0 Å². The molecule has 2 aromatic rings. The zero-order chi connectivity index (χ0) is 14.4. The van der Waals surface area contributed by atoms with Gasteiger partial charge in [0, 0.05) is 4.90 Å². The van der Waals surface area contributed by atoms with Gasteiger partial charge < -0.3 is 14.6 Å². The molecule has 0 amide bonds. The van der Waals surface area contributed by atoms with Gasteiger partial charge in [0.2, 0.25) is 0 Å². The van der Waals surface area contributed by atoms with Crippen LogP contribution in [0.3, 0.4) is 0 Å². The summed E-state index contributed by atoms with van der Waals surface area (Å²) in [6.45, 7) is 0. The number of rotatable bonds is 5. The fourth-order valence-electron chi connectivity index (χ4n) is 1.54. The first-order valence-corrected chi connectivity index (χ1v) is 6.93. The first kappa shape index (κ1) is 14.3. The van der Waals surface area contributed by atoms with Crippen molar-refractivity contribution in [2.24, 2.45) is 0 Å². The van der Waals surface area contributed by atoms with Crippen molar-refractivity contribution >= 4 is 17.7 Å². The molecule has 0 aromatic heterocycles. The molecule has 4 nitrogen and oxygen atoms in total. The van der Waals surface area contributed by atoms with Crippen LogP contribution >= 0.6 is 11.8 Å². The highest BCUT2D eigenvalue weighted by atomic mass is 32.2. The third-order valence-electron chi connectivity index (χ3n) is 2.49. The fourth-order valence-corrected chi connectivity index (χ4v) is 2.21. The van der Waals surface area contributed by atoms with Crippen molar-refractivity contribution in [3.63, 3.8) is 0 Å². The van der Waals surface area contributed by atoms with Gasteiger partial charge in [0.05, 0.1) is 12.9 Å². The number of carbonyl (C=O) groups excluding carboxylic acids is 1. The molecule has 0 saturated carbocycles. The molecule has 0 atom stereocenters. The predicted molar refractivity (Wildman–Crippen MR) is 77.5 cm³/mol. The second-order valence-corrected chi connectivity index (χ2v) is 4.96. The minimum Gasteiger partial charge on any atom is -0.508 e. The lowest BCUT2D eigenvalue weighted by Crippen LogP contribution is -2.11. The Balaban J connectivity index is 1.91. The van der Waals surface area contributed by atoms with Crippen LogP contribution in [0, 0.1) is 0 Å². The highest BCUT2D eigenvalue weighted by Crippen LogP contribution is 2.27. The van der Waals surface area contributed by atoms with E-state index in [0.29, 0.717) is 11.5 Å². The van der Waals surface area contributed by atoms with Crippen molar-refractivity contribution in [1.29, 1.82) is 0 Å². The second-order valence-electron chi connectivity index (χ2n) is 3.91. The maximum atomic E-state index is 11.8. The molecule has 1 N–H and O–H groups in total. The smallest absolute Gasteiger partial charge is 0.321 e. The van der Waals surface area contributed by atoms with Gasteiger partial charge in [0.1, 0.15) is 5.75 Å². The number of carbonyl (C=O) groups is 1. The monoisotopic (exact) mass is 290 g/mol. The van der Waals surface area contributed by atoms with Crippen LogP contribution in [0.1, 0.15) is 0 Å². The van der Waals surface area contributed by atoms with Crippen molar-refractivity contribution in [2.75, 3.05) is 12.9 Å². The van der Waals surface area contributed by atoms with Crippen LogP contribution < -0.4 is 9.47 Å². The first-order chi connectivity index (χ1) is 9.69. The zero-order valence-electron chi connectivity index (χ0n) is 10.9. The second kappa shape index (κ2) is 6.86. The van der Waals surface area contributed by atoms with Gasteiger partial charge in [-0.25, -0.2) is 0 Å². The Morgan fingerprint density at radius 1 is 1.10 bits per heavy atom. The third kappa shape index (κ3) is 3.93. The van der Waals surface area contributed by atoms with Crippen LogP contribution in [0.25, 0.3) is 0 Å². The van der Waals surface area contributed by atoms with Crippen molar-refractivity contribution < 1.29 is 19.4 Å². The molecule has 0 fully saturated rings. The minimum absolute atomic E-state index is 0.183. The SMILES string of the molecule is COc1ccccc1OC(=O)CSc1ccc(O)cc1. The summed E-state index contributed by atoms with van der Waals surface area (Å²) in [5, 5.41) is 9.17. The van der Waals surface area contributed by atoms with E-state index in [2.05, 4.69) is 0 Å². The van der Waals surface area contributed by atoms with E-state index in [1.54, 1.807) is 48.5 Å². The molecule has 0 heterocycles. The standard InChI is InChI=1S/C15H14O4S/c1-18-13-4-2-3-5-14(13)19-15(17)10-20-12-8-6-11(16)7-9-12/h2-9,16H,10H2,1H3. The Morgan fingerprint density at radius 3 is 2.40 bits per heavy atom. The van der Waals surface area contributed by atoms with E-state index >= 15 is 0 Å². The van der Waals surface area contributed by atoms with Gasteiger partial charge >= 0.3 is 5.97 Å². The van der Waals surface area contributed by atoms with Gasteiger partial charge in [-0.15, -0.1) is 11.8 Å². The molecule has 0 bridgehead atoms. The molecule has 0 spiro atoms. The summed E-state index contributed by atoms with van der Waals surface area (Å²) in [6, 6.07) is 13.6. The molecule has 0 aliphatic rings. The minimum atomic E-state index is -0.354. The van der Waals surface area contributed by atoms with E-state index in [9.17, 15) is 9.90 Å². The van der Waals surface area contributed by atoms with E-state index in [4.69, 9.17) is 9.47 Å². The van der Waals surface area contributed by atoms with Crippen LogP contribution in [0.4, 0.5) is 0 Å². The van der Waals surface area contributed by atoms with E-state index in [0.717, 1.165) is 4.90 Å². The molecule has 20 heavy (non-hydrogen) atoms. The summed E-state index contributed by atoms with van der Waals surface area (Å²) >= 11 is 1.34. The van der Waals surface area contributed by atoms with Crippen molar-refractivity contribution in [2.45, 2.75) is 4.90 Å². The van der Waals surface area contributed by atoms with E-state index in [-0.39, 0.29) is 17.5 Å². The maximum Gasteiger partial charge on any atom is 0.321 e. The van der Waals surface area contributed by atoms with E-state index in [1.165, 1.54) is 18.9 Å². The Hall–Kier alpha value is -2.14. The number of esters is 1. The first-order valence-electron chi connectivity index (χ1n) is 5.94. The van der Waals surface area contributed by atoms with Crippen molar-refractivity contribution in [1.82, 2.24) is 0 Å². The number of hydrogen-bond donors (Lipinski definition) is 1. The number of benzene rings is 2. The molecule has 5 heteroatoms. The molecule has 0 aliphatic carbocycles. The quantitative estimate of drug-likeness (QED) is 0.521. The Bertz CT molecular complexity index is 581. The summed E-state index contributed by atoms with van der Waals surface area (Å²) in [4.78, 5) is 12.7. The topological polar surface area (TPSA) is 55.8 Å². The van der Waals surface area contributed by atoms with E-state index < -0.39 is 0 Å². The Kier molecular flexibility index (Phi) is 4.90. The molecule has 0 radical (unpaired) electrons. The maximum absolute atomic E-state index is 11.8. The Morgan fingerprint density at radius 2 is 1.75 bits per heavy atom. The number of para-hydroxylation sites is 2. The zero-order valence-corrected chi connectivity index (χ0v) is 11.7. The fraction of sp³-hybridized carbons (Fsp3) is 0.133. The summed E-state index contributed by atoms with van der Waals surface area (Å²) in [6.07, 6.45) is 0. The van der Waals surface area contributed by atoms with Crippen LogP contribution in [-0.4, -0.2) is 23.9 Å². The normalized spacial score (nSPS) is 10.1. The van der Waals surface area contributed by atoms with Crippen LogP contribution in [0.5, 0.6) is 17.2 Å². The number of ether oxygens (including phenoxy) is 2. The van der Waals surface area contributed by atoms with E-state index in [1.807, 2.05) is 0 Å². The number of thioether (sulfide) groups is 1. The molecule has 104 valence electrons. The van der Waals surface area contributed by atoms with Gasteiger partial charge in [-0.2, -0.15) is 0 Å². The largest absolute Gasteiger partial charge is 0.508 e. The summed E-state index contributed by atoms with van der Waals surface area (Å²) < 4.78 is 10.4. The van der Waals surface area contributed by atoms with Crippen LogP contribution in [-0.2, 0) is 4.79 Å². The lowest BCUT2D eigenvalue weighted by Gasteiger charge is -2.08. The van der Waals surface area contributed by atoms with Crippen LogP contribution in [0.2, 0.25) is 0 Å². The predicted octanol–water partition coefficient (Wildman–Crippen LogP) is 3.10.